The van der Waals surface area contributed by atoms with Gasteiger partial charge in [-0.25, -0.2) is 9.48 Å². The second kappa shape index (κ2) is 5.14. The molecule has 6 heteroatoms. The molecular weight excluding hydrogens is 270 g/mol. The largest absolute Gasteiger partial charge is 0.423 e. The Balaban J connectivity index is 2.05. The highest BCUT2D eigenvalue weighted by atomic mass is 16.4. The van der Waals surface area contributed by atoms with Gasteiger partial charge >= 0.3 is 5.63 Å². The molecule has 1 N–H and O–H groups in total. The maximum absolute atomic E-state index is 11.7. The highest BCUT2D eigenvalue weighted by Gasteiger charge is 2.10. The third kappa shape index (κ3) is 2.71. The van der Waals surface area contributed by atoms with Crippen molar-refractivity contribution in [3.63, 3.8) is 0 Å². The Morgan fingerprint density at radius 2 is 2.19 bits per heavy atom. The molecule has 2 aromatic heterocycles. The van der Waals surface area contributed by atoms with E-state index in [4.69, 9.17) is 4.42 Å². The van der Waals surface area contributed by atoms with E-state index in [-0.39, 0.29) is 5.63 Å². The minimum absolute atomic E-state index is 0.390. The fourth-order valence-electron chi connectivity index (χ4n) is 2.22. The lowest BCUT2D eigenvalue weighted by atomic mass is 10.1. The Hall–Kier alpha value is -2.47. The van der Waals surface area contributed by atoms with Crippen LogP contribution in [0.15, 0.2) is 39.7 Å². The van der Waals surface area contributed by atoms with Crippen molar-refractivity contribution in [2.24, 2.45) is 0 Å². The van der Waals surface area contributed by atoms with E-state index in [1.807, 2.05) is 25.1 Å². The number of fused-ring (bicyclic) bond motifs is 1. The summed E-state index contributed by atoms with van der Waals surface area (Å²) in [6.45, 7) is 3.97. The fraction of sp³-hybridized carbons (Fsp3) is 0.267. The number of hydrogen-bond acceptors (Lipinski definition) is 5. The lowest BCUT2D eigenvalue weighted by Crippen LogP contribution is -2.06. The Labute approximate surface area is 120 Å². The first-order valence-electron chi connectivity index (χ1n) is 6.64. The number of benzene rings is 1. The molecule has 0 spiro atoms. The zero-order valence-electron chi connectivity index (χ0n) is 11.8. The predicted octanol–water partition coefficient (Wildman–Crippen LogP) is 1.79. The second-order valence-electron chi connectivity index (χ2n) is 5.11. The highest BCUT2D eigenvalue weighted by Crippen LogP contribution is 2.19. The summed E-state index contributed by atoms with van der Waals surface area (Å²) in [4.78, 5) is 11.7. The summed E-state index contributed by atoms with van der Waals surface area (Å²) in [5.41, 5.74) is 2.51. The van der Waals surface area contributed by atoms with Crippen molar-refractivity contribution in [2.75, 3.05) is 0 Å². The van der Waals surface area contributed by atoms with Gasteiger partial charge < -0.3 is 9.52 Å². The molecule has 0 amide bonds. The minimum atomic E-state index is -0.668. The van der Waals surface area contributed by atoms with Crippen LogP contribution >= 0.6 is 0 Å². The van der Waals surface area contributed by atoms with Crippen molar-refractivity contribution in [3.05, 3.63) is 57.7 Å². The van der Waals surface area contributed by atoms with E-state index in [0.717, 1.165) is 16.5 Å². The van der Waals surface area contributed by atoms with Gasteiger partial charge in [-0.3, -0.25) is 0 Å². The molecule has 108 valence electrons. The average Bonchev–Trinajstić information content (AvgIpc) is 2.86. The summed E-state index contributed by atoms with van der Waals surface area (Å²) in [5, 5.41) is 18.2. The zero-order valence-corrected chi connectivity index (χ0v) is 11.8. The van der Waals surface area contributed by atoms with E-state index in [2.05, 4.69) is 10.3 Å². The molecule has 21 heavy (non-hydrogen) atoms. The van der Waals surface area contributed by atoms with Crippen molar-refractivity contribution in [1.82, 2.24) is 15.0 Å². The van der Waals surface area contributed by atoms with Crippen LogP contribution in [0, 0.1) is 6.92 Å². The Kier molecular flexibility index (Phi) is 3.31. The van der Waals surface area contributed by atoms with E-state index in [1.54, 1.807) is 17.8 Å². The lowest BCUT2D eigenvalue weighted by molar-refractivity contribution is 0.194. The molecule has 1 atom stereocenters. The van der Waals surface area contributed by atoms with Crippen molar-refractivity contribution < 1.29 is 9.52 Å². The molecule has 2 heterocycles. The first-order chi connectivity index (χ1) is 10.0. The van der Waals surface area contributed by atoms with Gasteiger partial charge in [0.1, 0.15) is 11.3 Å². The summed E-state index contributed by atoms with van der Waals surface area (Å²) < 4.78 is 6.82. The number of rotatable bonds is 3. The normalized spacial score (nSPS) is 12.7. The molecule has 0 saturated heterocycles. The maximum Gasteiger partial charge on any atom is 0.336 e. The summed E-state index contributed by atoms with van der Waals surface area (Å²) >= 11 is 0. The van der Waals surface area contributed by atoms with Gasteiger partial charge in [0.25, 0.3) is 0 Å². The van der Waals surface area contributed by atoms with Crippen LogP contribution in [0.25, 0.3) is 11.0 Å². The molecule has 0 aliphatic heterocycles. The van der Waals surface area contributed by atoms with Crippen LogP contribution in [0.2, 0.25) is 0 Å². The average molecular weight is 285 g/mol. The van der Waals surface area contributed by atoms with Crippen LogP contribution in [0.4, 0.5) is 0 Å². The summed E-state index contributed by atoms with van der Waals surface area (Å²) in [6, 6.07) is 7.19. The van der Waals surface area contributed by atoms with Gasteiger partial charge in [0, 0.05) is 11.5 Å². The topological polar surface area (TPSA) is 81.1 Å². The molecule has 3 aromatic rings. The van der Waals surface area contributed by atoms with Crippen LogP contribution in [0.3, 0.4) is 0 Å². The third-order valence-electron chi connectivity index (χ3n) is 3.30. The van der Waals surface area contributed by atoms with Crippen LogP contribution in [-0.2, 0) is 6.54 Å². The fourth-order valence-corrected chi connectivity index (χ4v) is 2.22. The second-order valence-corrected chi connectivity index (χ2v) is 5.11. The van der Waals surface area contributed by atoms with Gasteiger partial charge in [0.05, 0.1) is 18.8 Å². The Morgan fingerprint density at radius 1 is 1.38 bits per heavy atom. The first-order valence-corrected chi connectivity index (χ1v) is 6.64. The van der Waals surface area contributed by atoms with Crippen LogP contribution in [0.5, 0.6) is 0 Å². The van der Waals surface area contributed by atoms with E-state index in [1.165, 1.54) is 6.07 Å². The molecule has 6 nitrogen and oxygen atoms in total. The smallest absolute Gasteiger partial charge is 0.336 e. The van der Waals surface area contributed by atoms with Crippen molar-refractivity contribution >= 4 is 11.0 Å². The zero-order chi connectivity index (χ0) is 15.0. The van der Waals surface area contributed by atoms with Gasteiger partial charge in [-0.15, -0.1) is 5.10 Å². The number of aliphatic hydroxyl groups is 1. The first kappa shape index (κ1) is 13.5. The third-order valence-corrected chi connectivity index (χ3v) is 3.30. The number of hydrogen-bond donors (Lipinski definition) is 1. The van der Waals surface area contributed by atoms with Gasteiger partial charge in [-0.1, -0.05) is 17.3 Å². The van der Waals surface area contributed by atoms with Gasteiger partial charge in [0.15, 0.2) is 0 Å². The molecule has 0 bridgehead atoms. The SMILES string of the molecule is Cc1ccc2c(Cn3cc(C(C)O)nn3)cc(=O)oc2c1. The van der Waals surface area contributed by atoms with Gasteiger partial charge in [0.2, 0.25) is 0 Å². The molecule has 0 radical (unpaired) electrons. The maximum atomic E-state index is 11.7. The molecule has 0 saturated carbocycles. The number of aryl methyl sites for hydroxylation is 1. The molecule has 3 rings (SSSR count). The Bertz CT molecular complexity index is 849. The van der Waals surface area contributed by atoms with E-state index in [0.29, 0.717) is 17.8 Å². The minimum Gasteiger partial charge on any atom is -0.423 e. The molecule has 0 aliphatic rings. The molecule has 1 unspecified atom stereocenters. The van der Waals surface area contributed by atoms with Gasteiger partial charge in [-0.05, 0) is 31.0 Å². The predicted molar refractivity (Wildman–Crippen MR) is 77.0 cm³/mol. The molecule has 0 aliphatic carbocycles. The van der Waals surface area contributed by atoms with Gasteiger partial charge in [-0.2, -0.15) is 0 Å². The van der Waals surface area contributed by atoms with Crippen molar-refractivity contribution in [3.8, 4) is 0 Å². The number of nitrogens with zero attached hydrogens (tertiary/aromatic N) is 3. The van der Waals surface area contributed by atoms with Crippen LogP contribution in [0.1, 0.15) is 29.8 Å². The van der Waals surface area contributed by atoms with Crippen molar-refractivity contribution in [2.45, 2.75) is 26.5 Å². The van der Waals surface area contributed by atoms with E-state index < -0.39 is 6.10 Å². The van der Waals surface area contributed by atoms with Crippen LogP contribution in [-0.4, -0.2) is 20.1 Å². The summed E-state index contributed by atoms with van der Waals surface area (Å²) in [7, 11) is 0. The molecule has 0 fully saturated rings. The Morgan fingerprint density at radius 3 is 2.90 bits per heavy atom. The summed E-state index contributed by atoms with van der Waals surface area (Å²) in [5.74, 6) is 0. The van der Waals surface area contributed by atoms with E-state index >= 15 is 0 Å². The lowest BCUT2D eigenvalue weighted by Gasteiger charge is -2.05. The number of aromatic nitrogens is 3. The standard InChI is InChI=1S/C15H15N3O3/c1-9-3-4-12-11(6-15(20)21-14(12)5-9)7-18-8-13(10(2)19)16-17-18/h3-6,8,10,19H,7H2,1-2H3. The molecular formula is C15H15N3O3. The van der Waals surface area contributed by atoms with E-state index in [9.17, 15) is 9.90 Å². The van der Waals surface area contributed by atoms with Crippen molar-refractivity contribution in [1.29, 1.82) is 0 Å². The quantitative estimate of drug-likeness (QED) is 0.742. The monoisotopic (exact) mass is 285 g/mol. The summed E-state index contributed by atoms with van der Waals surface area (Å²) in [6.07, 6.45) is 0.998. The number of aliphatic hydroxyl groups excluding tert-OH is 1. The van der Waals surface area contributed by atoms with Crippen LogP contribution < -0.4 is 5.63 Å². The molecule has 1 aromatic carbocycles. The highest BCUT2D eigenvalue weighted by molar-refractivity contribution is 5.80.